The molecule has 0 spiro atoms. The molecule has 0 bridgehead atoms. The average molecular weight is 806 g/mol. The smallest absolute Gasteiger partial charge is 0.166 e. The maximum atomic E-state index is 9.76. The third-order valence-electron chi connectivity index (χ3n) is 11.3. The summed E-state index contributed by atoms with van der Waals surface area (Å²) in [6.45, 7) is 0. The molecule has 0 saturated heterocycles. The molecule has 7 heteroatoms. The lowest BCUT2D eigenvalue weighted by atomic mass is 10.0. The van der Waals surface area contributed by atoms with Crippen molar-refractivity contribution >= 4 is 21.8 Å². The lowest BCUT2D eigenvalue weighted by Gasteiger charge is -2.17. The first-order chi connectivity index (χ1) is 31.2. The summed E-state index contributed by atoms with van der Waals surface area (Å²) in [6, 6.07) is 73.9. The van der Waals surface area contributed by atoms with Gasteiger partial charge in [0.25, 0.3) is 0 Å². The second-order valence-corrected chi connectivity index (χ2v) is 15.2. The number of nitriles is 1. The number of fused-ring (bicyclic) bond motifs is 3. The fourth-order valence-electron chi connectivity index (χ4n) is 8.25. The van der Waals surface area contributed by atoms with Gasteiger partial charge in [-0.1, -0.05) is 164 Å². The summed E-state index contributed by atoms with van der Waals surface area (Å²) in [7, 11) is 0. The number of aromatic nitrogens is 6. The van der Waals surface area contributed by atoms with Crippen LogP contribution in [-0.4, -0.2) is 29.5 Å². The van der Waals surface area contributed by atoms with E-state index in [4.69, 9.17) is 24.9 Å². The molecule has 63 heavy (non-hydrogen) atoms. The van der Waals surface area contributed by atoms with Crippen LogP contribution in [0.1, 0.15) is 5.56 Å². The summed E-state index contributed by atoms with van der Waals surface area (Å²) >= 11 is 0. The summed E-state index contributed by atoms with van der Waals surface area (Å²) in [6.07, 6.45) is 0. The zero-order valence-corrected chi connectivity index (χ0v) is 33.8. The number of rotatable bonds is 8. The molecule has 0 aliphatic carbocycles. The zero-order chi connectivity index (χ0) is 42.1. The molecule has 0 unspecified atom stereocenters. The average Bonchev–Trinajstić information content (AvgIpc) is 3.70. The van der Waals surface area contributed by atoms with E-state index in [9.17, 15) is 5.26 Å². The van der Waals surface area contributed by atoms with Crippen molar-refractivity contribution in [3.8, 4) is 90.9 Å². The molecule has 7 nitrogen and oxygen atoms in total. The van der Waals surface area contributed by atoms with Crippen molar-refractivity contribution in [2.75, 3.05) is 0 Å². The number of hydrogen-bond acceptors (Lipinski definition) is 6. The standard InChI is InChI=1S/C56H35N7/c57-36-37-16-15-25-42(32-37)43-28-30-46-45-26-13-14-27-50(45)63(52(46)34-43)51-31-29-44(55-58-48(38-17-5-1-6-18-38)35-49(59-55)39-19-7-2-8-20-39)33-47(51)56-61-53(40-21-9-3-10-22-40)60-54(62-56)41-23-11-4-12-24-41/h1-35H. The molecule has 0 saturated carbocycles. The predicted molar refractivity (Wildman–Crippen MR) is 253 cm³/mol. The van der Waals surface area contributed by atoms with Gasteiger partial charge in [-0.05, 0) is 59.7 Å². The largest absolute Gasteiger partial charge is 0.308 e. The third kappa shape index (κ3) is 7.08. The van der Waals surface area contributed by atoms with Gasteiger partial charge in [-0.3, -0.25) is 0 Å². The molecule has 3 heterocycles. The van der Waals surface area contributed by atoms with Crippen LogP contribution in [0.3, 0.4) is 0 Å². The van der Waals surface area contributed by atoms with E-state index in [1.165, 1.54) is 0 Å². The monoisotopic (exact) mass is 805 g/mol. The van der Waals surface area contributed by atoms with Crippen LogP contribution in [0.4, 0.5) is 0 Å². The van der Waals surface area contributed by atoms with E-state index in [1.54, 1.807) is 0 Å². The molecule has 0 N–H and O–H groups in total. The van der Waals surface area contributed by atoms with Gasteiger partial charge in [-0.2, -0.15) is 5.26 Å². The van der Waals surface area contributed by atoms with Crippen LogP contribution in [0.25, 0.3) is 107 Å². The van der Waals surface area contributed by atoms with E-state index in [2.05, 4.69) is 102 Å². The molecule has 0 aliphatic rings. The summed E-state index contributed by atoms with van der Waals surface area (Å²) < 4.78 is 2.30. The van der Waals surface area contributed by atoms with Gasteiger partial charge in [-0.25, -0.2) is 24.9 Å². The van der Waals surface area contributed by atoms with Gasteiger partial charge in [0.05, 0.1) is 39.7 Å². The molecule has 8 aromatic carbocycles. The molecule has 0 aliphatic heterocycles. The minimum atomic E-state index is 0.505. The van der Waals surface area contributed by atoms with Gasteiger partial charge in [0.15, 0.2) is 23.3 Å². The number of benzene rings is 8. The first kappa shape index (κ1) is 37.2. The first-order valence-corrected chi connectivity index (χ1v) is 20.7. The molecular weight excluding hydrogens is 771 g/mol. The molecule has 0 atom stereocenters. The Morgan fingerprint density at radius 3 is 1.44 bits per heavy atom. The van der Waals surface area contributed by atoms with Crippen molar-refractivity contribution in [3.63, 3.8) is 0 Å². The van der Waals surface area contributed by atoms with E-state index in [1.807, 2.05) is 121 Å². The molecule has 11 rings (SSSR count). The highest BCUT2D eigenvalue weighted by Gasteiger charge is 2.22. The van der Waals surface area contributed by atoms with Crippen LogP contribution >= 0.6 is 0 Å². The summed E-state index contributed by atoms with van der Waals surface area (Å²) in [5, 5.41) is 12.0. The highest BCUT2D eigenvalue weighted by atomic mass is 15.1. The van der Waals surface area contributed by atoms with Crippen LogP contribution in [0.15, 0.2) is 212 Å². The minimum absolute atomic E-state index is 0.505. The Morgan fingerprint density at radius 1 is 0.333 bits per heavy atom. The van der Waals surface area contributed by atoms with Gasteiger partial charge in [-0.15, -0.1) is 0 Å². The lowest BCUT2D eigenvalue weighted by Crippen LogP contribution is -2.04. The highest BCUT2D eigenvalue weighted by molar-refractivity contribution is 6.10. The summed E-state index contributed by atoms with van der Waals surface area (Å²) in [4.78, 5) is 26.0. The third-order valence-corrected chi connectivity index (χ3v) is 11.3. The second-order valence-electron chi connectivity index (χ2n) is 15.2. The van der Waals surface area contributed by atoms with E-state index in [-0.39, 0.29) is 0 Å². The second kappa shape index (κ2) is 16.0. The van der Waals surface area contributed by atoms with Crippen molar-refractivity contribution in [1.29, 1.82) is 5.26 Å². The van der Waals surface area contributed by atoms with Crippen molar-refractivity contribution in [1.82, 2.24) is 29.5 Å². The molecule has 0 fully saturated rings. The molecule has 294 valence electrons. The number of nitrogens with zero attached hydrogens (tertiary/aromatic N) is 7. The van der Waals surface area contributed by atoms with Crippen LogP contribution in [0.5, 0.6) is 0 Å². The predicted octanol–water partition coefficient (Wildman–Crippen LogP) is 13.3. The molecule has 11 aromatic rings. The Balaban J connectivity index is 1.21. The fourth-order valence-corrected chi connectivity index (χ4v) is 8.25. The van der Waals surface area contributed by atoms with Gasteiger partial charge in [0, 0.05) is 44.2 Å². The summed E-state index contributed by atoms with van der Waals surface area (Å²) in [5.74, 6) is 2.20. The van der Waals surface area contributed by atoms with Gasteiger partial charge >= 0.3 is 0 Å². The van der Waals surface area contributed by atoms with Gasteiger partial charge < -0.3 is 4.57 Å². The maximum Gasteiger partial charge on any atom is 0.166 e. The normalized spacial score (nSPS) is 11.2. The Bertz CT molecular complexity index is 3390. The fraction of sp³-hybridized carbons (Fsp3) is 0. The van der Waals surface area contributed by atoms with Crippen LogP contribution in [0.2, 0.25) is 0 Å². The first-order valence-electron chi connectivity index (χ1n) is 20.7. The van der Waals surface area contributed by atoms with Crippen molar-refractivity contribution < 1.29 is 0 Å². The topological polar surface area (TPSA) is 93.2 Å². The Hall–Kier alpha value is -8.86. The van der Waals surface area contributed by atoms with Gasteiger partial charge in [0.2, 0.25) is 0 Å². The Labute approximate surface area is 364 Å². The number of para-hydroxylation sites is 1. The SMILES string of the molecule is N#Cc1cccc(-c2ccc3c4ccccc4n(-c4ccc(-c5nc(-c6ccccc6)cc(-c6ccccc6)n5)cc4-c4nc(-c5ccccc5)nc(-c5ccccc5)n4)c3c2)c1. The minimum Gasteiger partial charge on any atom is -0.308 e. The van der Waals surface area contributed by atoms with E-state index < -0.39 is 0 Å². The highest BCUT2D eigenvalue weighted by Crippen LogP contribution is 2.40. The molecule has 3 aromatic heterocycles. The number of hydrogen-bond donors (Lipinski definition) is 0. The zero-order valence-electron chi connectivity index (χ0n) is 33.8. The quantitative estimate of drug-likeness (QED) is 0.152. The molecule has 0 radical (unpaired) electrons. The van der Waals surface area contributed by atoms with Crippen LogP contribution in [0, 0.1) is 11.3 Å². The molecule has 0 amide bonds. The molecular formula is C56H35N7. The Morgan fingerprint density at radius 2 is 0.825 bits per heavy atom. The summed E-state index contributed by atoms with van der Waals surface area (Å²) in [5.41, 5.74) is 12.4. The Kier molecular flexibility index (Phi) is 9.41. The maximum absolute atomic E-state index is 9.76. The van der Waals surface area contributed by atoms with E-state index in [0.29, 0.717) is 28.9 Å². The van der Waals surface area contributed by atoms with Crippen molar-refractivity contribution in [2.24, 2.45) is 0 Å². The van der Waals surface area contributed by atoms with Gasteiger partial charge in [0.1, 0.15) is 0 Å². The van der Waals surface area contributed by atoms with Crippen LogP contribution < -0.4 is 0 Å². The van der Waals surface area contributed by atoms with Crippen molar-refractivity contribution in [3.05, 3.63) is 218 Å². The van der Waals surface area contributed by atoms with E-state index in [0.717, 1.165) is 83.4 Å². The lowest BCUT2D eigenvalue weighted by molar-refractivity contribution is 1.06. The van der Waals surface area contributed by atoms with Crippen LogP contribution in [-0.2, 0) is 0 Å². The van der Waals surface area contributed by atoms with Crippen molar-refractivity contribution in [2.45, 2.75) is 0 Å². The van der Waals surface area contributed by atoms with E-state index >= 15 is 0 Å².